The van der Waals surface area contributed by atoms with Gasteiger partial charge in [0.05, 0.1) is 28.9 Å². The zero-order chi connectivity index (χ0) is 22.5. The maximum Gasteiger partial charge on any atom is 0.417 e. The molecule has 0 atom stereocenters. The van der Waals surface area contributed by atoms with Crippen LogP contribution in [-0.2, 0) is 12.7 Å². The quantitative estimate of drug-likeness (QED) is 0.479. The number of nitrogens with one attached hydrogen (secondary N) is 1. The summed E-state index contributed by atoms with van der Waals surface area (Å²) in [7, 11) is 0. The van der Waals surface area contributed by atoms with Crippen molar-refractivity contribution in [1.82, 2.24) is 19.3 Å². The minimum Gasteiger partial charge on any atom is -0.341 e. The Morgan fingerprint density at radius 2 is 1.77 bits per heavy atom. The number of fused-ring (bicyclic) bond motifs is 1. The minimum absolute atomic E-state index is 0.213. The van der Waals surface area contributed by atoms with E-state index in [1.807, 2.05) is 0 Å². The van der Waals surface area contributed by atoms with Gasteiger partial charge >= 0.3 is 6.18 Å². The monoisotopic (exact) mass is 468 g/mol. The molecule has 0 amide bonds. The molecule has 0 aliphatic rings. The molecule has 6 nitrogen and oxygen atoms in total. The lowest BCUT2D eigenvalue weighted by Crippen LogP contribution is -2.24. The fourth-order valence-electron chi connectivity index (χ4n) is 3.27. The Bertz CT molecular complexity index is 1420. The molecule has 0 unspecified atom stereocenters. The van der Waals surface area contributed by atoms with Crippen LogP contribution < -0.4 is 11.0 Å². The van der Waals surface area contributed by atoms with E-state index in [9.17, 15) is 22.8 Å². The maximum absolute atomic E-state index is 13.1. The second-order valence-corrected chi connectivity index (χ2v) is 7.71. The number of aromatic amines is 1. The molecule has 0 fully saturated rings. The van der Waals surface area contributed by atoms with Crippen molar-refractivity contribution in [2.75, 3.05) is 0 Å². The van der Waals surface area contributed by atoms with Gasteiger partial charge in [0.25, 0.3) is 5.56 Å². The fraction of sp³-hybridized carbons (Fsp3) is 0.150. The van der Waals surface area contributed by atoms with Crippen LogP contribution >= 0.6 is 23.2 Å². The zero-order valence-corrected chi connectivity index (χ0v) is 17.3. The number of rotatable bonds is 3. The summed E-state index contributed by atoms with van der Waals surface area (Å²) in [5.74, 6) is 0. The molecule has 0 saturated heterocycles. The second kappa shape index (κ2) is 7.58. The molecule has 0 aliphatic heterocycles. The van der Waals surface area contributed by atoms with Crippen LogP contribution in [0.4, 0.5) is 13.2 Å². The Kier molecular flexibility index (Phi) is 5.18. The van der Waals surface area contributed by atoms with Gasteiger partial charge in [-0.05, 0) is 37.3 Å². The zero-order valence-electron chi connectivity index (χ0n) is 15.8. The Morgan fingerprint density at radius 3 is 2.42 bits per heavy atom. The van der Waals surface area contributed by atoms with Crippen LogP contribution in [0.15, 0.2) is 52.2 Å². The Morgan fingerprint density at radius 1 is 1.10 bits per heavy atom. The van der Waals surface area contributed by atoms with Crippen LogP contribution in [0.3, 0.4) is 0 Å². The van der Waals surface area contributed by atoms with Crippen molar-refractivity contribution in [3.8, 4) is 5.69 Å². The summed E-state index contributed by atoms with van der Waals surface area (Å²) in [6.07, 6.45) is -4.01. The number of hydrogen-bond donors (Lipinski definition) is 1. The van der Waals surface area contributed by atoms with Crippen molar-refractivity contribution in [1.29, 1.82) is 0 Å². The van der Waals surface area contributed by atoms with E-state index in [1.165, 1.54) is 10.7 Å². The normalized spacial score (nSPS) is 11.9. The number of benzene rings is 1. The summed E-state index contributed by atoms with van der Waals surface area (Å²) in [4.78, 5) is 28.0. The number of aromatic nitrogens is 4. The standard InChI is InChI=1S/C20H13Cl2F3N4O2/c1-10-17-16(30)7-13(9-28-8-11(20(23,24)25)6-15(22)19(28)31)26-18(17)29(27-10)14-4-2-12(21)3-5-14/h2-8H,9H2,1H3,(H,26,30). The molecule has 0 bridgehead atoms. The van der Waals surface area contributed by atoms with Crippen LogP contribution in [-0.4, -0.2) is 19.3 Å². The number of halogens is 5. The smallest absolute Gasteiger partial charge is 0.341 e. The Hall–Kier alpha value is -3.04. The number of aryl methyl sites for hydroxylation is 1. The van der Waals surface area contributed by atoms with Gasteiger partial charge in [-0.25, -0.2) is 4.68 Å². The third-order valence-electron chi connectivity index (χ3n) is 4.67. The van der Waals surface area contributed by atoms with Crippen molar-refractivity contribution in [3.63, 3.8) is 0 Å². The fourth-order valence-corrected chi connectivity index (χ4v) is 3.62. The van der Waals surface area contributed by atoms with Gasteiger partial charge in [0.15, 0.2) is 5.43 Å². The van der Waals surface area contributed by atoms with Crippen LogP contribution in [0.25, 0.3) is 16.7 Å². The first kappa shape index (κ1) is 21.2. The Labute approximate surface area is 182 Å². The first-order valence-corrected chi connectivity index (χ1v) is 9.65. The number of pyridine rings is 2. The van der Waals surface area contributed by atoms with Crippen molar-refractivity contribution in [2.45, 2.75) is 19.6 Å². The second-order valence-electron chi connectivity index (χ2n) is 6.86. The van der Waals surface area contributed by atoms with E-state index in [0.29, 0.717) is 39.7 Å². The molecule has 11 heteroatoms. The highest BCUT2D eigenvalue weighted by Gasteiger charge is 2.32. The maximum atomic E-state index is 13.1. The third kappa shape index (κ3) is 3.98. The molecule has 0 aliphatic carbocycles. The van der Waals surface area contributed by atoms with Gasteiger partial charge < -0.3 is 9.55 Å². The topological polar surface area (TPSA) is 72.7 Å². The highest BCUT2D eigenvalue weighted by molar-refractivity contribution is 6.30. The average molecular weight is 469 g/mol. The lowest BCUT2D eigenvalue weighted by atomic mass is 10.2. The average Bonchev–Trinajstić information content (AvgIpc) is 3.02. The highest BCUT2D eigenvalue weighted by Crippen LogP contribution is 2.29. The van der Waals surface area contributed by atoms with E-state index in [0.717, 1.165) is 4.57 Å². The molecule has 31 heavy (non-hydrogen) atoms. The summed E-state index contributed by atoms with van der Waals surface area (Å²) in [6.45, 7) is 1.35. The predicted molar refractivity (Wildman–Crippen MR) is 111 cm³/mol. The van der Waals surface area contributed by atoms with E-state index in [4.69, 9.17) is 23.2 Å². The van der Waals surface area contributed by atoms with Crippen molar-refractivity contribution in [2.24, 2.45) is 0 Å². The largest absolute Gasteiger partial charge is 0.417 e. The first-order valence-electron chi connectivity index (χ1n) is 8.89. The van der Waals surface area contributed by atoms with Gasteiger partial charge in [-0.1, -0.05) is 23.2 Å². The molecular formula is C20H13Cl2F3N4O2. The molecule has 160 valence electrons. The molecule has 3 heterocycles. The minimum atomic E-state index is -4.68. The molecular weight excluding hydrogens is 456 g/mol. The lowest BCUT2D eigenvalue weighted by Gasteiger charge is -2.12. The van der Waals surface area contributed by atoms with Gasteiger partial charge in [-0.15, -0.1) is 0 Å². The number of H-pyrrole nitrogens is 1. The number of nitrogens with zero attached hydrogens (tertiary/aromatic N) is 3. The molecule has 1 N–H and O–H groups in total. The van der Waals surface area contributed by atoms with E-state index in [1.54, 1.807) is 31.2 Å². The lowest BCUT2D eigenvalue weighted by molar-refractivity contribution is -0.138. The van der Waals surface area contributed by atoms with Crippen molar-refractivity contribution >= 4 is 34.2 Å². The molecule has 4 aromatic rings. The predicted octanol–water partition coefficient (Wildman–Crippen LogP) is 4.56. The molecule has 3 aromatic heterocycles. The summed E-state index contributed by atoms with van der Waals surface area (Å²) < 4.78 is 41.6. The van der Waals surface area contributed by atoms with E-state index >= 15 is 0 Å². The summed E-state index contributed by atoms with van der Waals surface area (Å²) in [5.41, 5.74) is -0.613. The SMILES string of the molecule is Cc1nn(-c2ccc(Cl)cc2)c2[nH]c(Cn3cc(C(F)(F)F)cc(Cl)c3=O)cc(=O)c12. The molecule has 0 saturated carbocycles. The Balaban J connectivity index is 1.86. The van der Waals surface area contributed by atoms with Gasteiger partial charge in [0, 0.05) is 23.0 Å². The molecule has 1 aromatic carbocycles. The van der Waals surface area contributed by atoms with Gasteiger partial charge in [-0.2, -0.15) is 18.3 Å². The van der Waals surface area contributed by atoms with Crippen LogP contribution in [0, 0.1) is 6.92 Å². The van der Waals surface area contributed by atoms with E-state index in [-0.39, 0.29) is 17.7 Å². The van der Waals surface area contributed by atoms with Gasteiger partial charge in [-0.3, -0.25) is 9.59 Å². The first-order chi connectivity index (χ1) is 14.5. The molecule has 0 radical (unpaired) electrons. The van der Waals surface area contributed by atoms with Crippen LogP contribution in [0.2, 0.25) is 10.0 Å². The summed E-state index contributed by atoms with van der Waals surface area (Å²) in [6, 6.07) is 8.53. The van der Waals surface area contributed by atoms with Crippen LogP contribution in [0.5, 0.6) is 0 Å². The summed E-state index contributed by atoms with van der Waals surface area (Å²) >= 11 is 11.6. The summed E-state index contributed by atoms with van der Waals surface area (Å²) in [5, 5.41) is 4.66. The van der Waals surface area contributed by atoms with E-state index < -0.39 is 22.3 Å². The van der Waals surface area contributed by atoms with Gasteiger partial charge in [0.1, 0.15) is 10.7 Å². The third-order valence-corrected chi connectivity index (χ3v) is 5.20. The van der Waals surface area contributed by atoms with Crippen LogP contribution in [0.1, 0.15) is 17.0 Å². The molecule has 0 spiro atoms. The number of hydrogen-bond acceptors (Lipinski definition) is 3. The van der Waals surface area contributed by atoms with E-state index in [2.05, 4.69) is 10.1 Å². The van der Waals surface area contributed by atoms with Crippen molar-refractivity contribution < 1.29 is 13.2 Å². The highest BCUT2D eigenvalue weighted by atomic mass is 35.5. The molecule has 4 rings (SSSR count). The van der Waals surface area contributed by atoms with Crippen molar-refractivity contribution in [3.05, 3.63) is 90.2 Å². The van der Waals surface area contributed by atoms with Gasteiger partial charge in [0.2, 0.25) is 0 Å². The number of alkyl halides is 3.